The minimum atomic E-state index is -1.12. The molecule has 6 heteroatoms. The summed E-state index contributed by atoms with van der Waals surface area (Å²) in [5, 5.41) is 11.9. The zero-order valence-corrected chi connectivity index (χ0v) is 15.5. The molecule has 2 aromatic rings. The molecule has 0 bridgehead atoms. The molecule has 136 valence electrons. The van der Waals surface area contributed by atoms with Crippen LogP contribution in [0.2, 0.25) is 0 Å². The molecule has 2 aromatic carbocycles. The van der Waals surface area contributed by atoms with Gasteiger partial charge in [0.2, 0.25) is 5.91 Å². The van der Waals surface area contributed by atoms with Crippen LogP contribution < -0.4 is 5.32 Å². The van der Waals surface area contributed by atoms with Gasteiger partial charge in [-0.2, -0.15) is 0 Å². The number of amides is 1. The molecule has 0 aliphatic carbocycles. The zero-order chi connectivity index (χ0) is 19.1. The average Bonchev–Trinajstić information content (AvgIpc) is 2.62. The molecule has 1 atom stereocenters. The Kier molecular flexibility index (Phi) is 6.97. The summed E-state index contributed by atoms with van der Waals surface area (Å²) in [4.78, 5) is 35.6. The molecule has 0 spiro atoms. The molecule has 5 nitrogen and oxygen atoms in total. The van der Waals surface area contributed by atoms with Crippen molar-refractivity contribution in [2.24, 2.45) is 0 Å². The molecule has 0 saturated carbocycles. The van der Waals surface area contributed by atoms with Crippen molar-refractivity contribution in [1.82, 2.24) is 5.32 Å². The quantitative estimate of drug-likeness (QED) is 0.697. The maximum Gasteiger partial charge on any atom is 0.330 e. The van der Waals surface area contributed by atoms with E-state index in [2.05, 4.69) is 5.32 Å². The molecule has 0 heterocycles. The van der Waals surface area contributed by atoms with Crippen molar-refractivity contribution in [2.75, 3.05) is 11.5 Å². The number of aliphatic carboxylic acids is 1. The van der Waals surface area contributed by atoms with Gasteiger partial charge in [-0.05, 0) is 30.5 Å². The Balaban J connectivity index is 1.90. The minimum absolute atomic E-state index is 0.0210. The van der Waals surface area contributed by atoms with E-state index in [0.29, 0.717) is 11.1 Å². The summed E-state index contributed by atoms with van der Waals surface area (Å²) in [6, 6.07) is 13.0. The van der Waals surface area contributed by atoms with Gasteiger partial charge in [0.1, 0.15) is 0 Å². The molecular weight excluding hydrogens is 350 g/mol. The average molecular weight is 371 g/mol. The molecule has 0 saturated heterocycles. The van der Waals surface area contributed by atoms with E-state index < -0.39 is 17.9 Å². The van der Waals surface area contributed by atoms with E-state index in [0.717, 1.165) is 22.9 Å². The lowest BCUT2D eigenvalue weighted by atomic mass is 10.0. The smallest absolute Gasteiger partial charge is 0.330 e. The van der Waals surface area contributed by atoms with Crippen molar-refractivity contribution in [3.63, 3.8) is 0 Å². The molecule has 0 radical (unpaired) electrons. The molecule has 1 unspecified atom stereocenters. The van der Waals surface area contributed by atoms with Crippen LogP contribution in [0.5, 0.6) is 0 Å². The highest BCUT2D eigenvalue weighted by atomic mass is 32.2. The largest absolute Gasteiger partial charge is 0.479 e. The molecular formula is C20H21NO4S. The Bertz CT molecular complexity index is 805. The van der Waals surface area contributed by atoms with Gasteiger partial charge in [0.25, 0.3) is 0 Å². The summed E-state index contributed by atoms with van der Waals surface area (Å²) < 4.78 is 0. The van der Waals surface area contributed by atoms with Crippen LogP contribution in [0.1, 0.15) is 33.1 Å². The van der Waals surface area contributed by atoms with Crippen molar-refractivity contribution in [2.45, 2.75) is 19.9 Å². The first-order chi connectivity index (χ1) is 12.4. The number of nitrogens with one attached hydrogen (secondary N) is 1. The van der Waals surface area contributed by atoms with Crippen LogP contribution in [0.3, 0.4) is 0 Å². The van der Waals surface area contributed by atoms with E-state index in [9.17, 15) is 19.5 Å². The van der Waals surface area contributed by atoms with E-state index >= 15 is 0 Å². The second kappa shape index (κ2) is 9.20. The zero-order valence-electron chi connectivity index (χ0n) is 14.7. The number of carboxylic acid groups (broad SMARTS) is 1. The third-order valence-electron chi connectivity index (χ3n) is 3.98. The number of hydrogen-bond acceptors (Lipinski definition) is 4. The molecule has 26 heavy (non-hydrogen) atoms. The molecule has 0 aromatic heterocycles. The van der Waals surface area contributed by atoms with E-state index in [4.69, 9.17) is 0 Å². The van der Waals surface area contributed by atoms with E-state index in [1.54, 1.807) is 36.4 Å². The standard InChI is InChI=1S/C20H21NO4S/c1-13-8-9-16(10-14(13)2)19(20(24)25)21-18(23)12-26-11-17(22)15-6-4-3-5-7-15/h3-10,19H,11-12H2,1-2H3,(H,21,23)(H,24,25). The molecule has 0 aliphatic heterocycles. The molecule has 1 amide bonds. The fraction of sp³-hybridized carbons (Fsp3) is 0.250. The SMILES string of the molecule is Cc1ccc(C(NC(=O)CSCC(=O)c2ccccc2)C(=O)O)cc1C. The van der Waals surface area contributed by atoms with Crippen LogP contribution in [-0.4, -0.2) is 34.3 Å². The molecule has 0 aliphatic rings. The van der Waals surface area contributed by atoms with Crippen LogP contribution in [0.4, 0.5) is 0 Å². The number of Topliss-reactive ketones (excluding diaryl/α,β-unsaturated/α-hetero) is 1. The highest BCUT2D eigenvalue weighted by Gasteiger charge is 2.22. The van der Waals surface area contributed by atoms with Gasteiger partial charge in [-0.15, -0.1) is 11.8 Å². The Labute approximate surface area is 156 Å². The monoisotopic (exact) mass is 371 g/mol. The maximum atomic E-state index is 12.1. The highest BCUT2D eigenvalue weighted by Crippen LogP contribution is 2.18. The summed E-state index contributed by atoms with van der Waals surface area (Å²) in [7, 11) is 0. The summed E-state index contributed by atoms with van der Waals surface area (Å²) in [5.41, 5.74) is 3.14. The normalized spacial score (nSPS) is 11.6. The van der Waals surface area contributed by atoms with Gasteiger partial charge in [-0.1, -0.05) is 48.5 Å². The second-order valence-corrected chi connectivity index (χ2v) is 6.95. The number of carbonyl (C=O) groups excluding carboxylic acids is 2. The van der Waals surface area contributed by atoms with Gasteiger partial charge >= 0.3 is 5.97 Å². The Morgan fingerprint density at radius 2 is 1.69 bits per heavy atom. The van der Waals surface area contributed by atoms with Gasteiger partial charge in [-0.25, -0.2) is 4.79 Å². The van der Waals surface area contributed by atoms with Crippen molar-refractivity contribution in [3.05, 3.63) is 70.8 Å². The summed E-state index contributed by atoms with van der Waals surface area (Å²) >= 11 is 1.16. The van der Waals surface area contributed by atoms with Gasteiger partial charge in [0.15, 0.2) is 11.8 Å². The first-order valence-corrected chi connectivity index (χ1v) is 9.29. The van der Waals surface area contributed by atoms with Crippen LogP contribution in [0.15, 0.2) is 48.5 Å². The van der Waals surface area contributed by atoms with Gasteiger partial charge in [0, 0.05) is 5.56 Å². The lowest BCUT2D eigenvalue weighted by Gasteiger charge is -2.16. The van der Waals surface area contributed by atoms with Crippen LogP contribution in [0, 0.1) is 13.8 Å². The number of thioether (sulfide) groups is 1. The second-order valence-electron chi connectivity index (χ2n) is 5.96. The van der Waals surface area contributed by atoms with Crippen LogP contribution in [-0.2, 0) is 9.59 Å². The van der Waals surface area contributed by atoms with Crippen molar-refractivity contribution in [1.29, 1.82) is 0 Å². The predicted molar refractivity (Wildman–Crippen MR) is 103 cm³/mol. The first-order valence-electron chi connectivity index (χ1n) is 8.14. The Morgan fingerprint density at radius 1 is 1.00 bits per heavy atom. The van der Waals surface area contributed by atoms with Crippen LogP contribution >= 0.6 is 11.8 Å². The summed E-state index contributed by atoms with van der Waals surface area (Å²) in [5.74, 6) is -1.41. The van der Waals surface area contributed by atoms with Crippen LogP contribution in [0.25, 0.3) is 0 Å². The third kappa shape index (κ3) is 5.46. The van der Waals surface area contributed by atoms with Crippen molar-refractivity contribution < 1.29 is 19.5 Å². The molecule has 0 fully saturated rings. The first kappa shape index (κ1) is 19.7. The fourth-order valence-corrected chi connectivity index (χ4v) is 3.10. The van der Waals surface area contributed by atoms with Gasteiger partial charge in [-0.3, -0.25) is 9.59 Å². The maximum absolute atomic E-state index is 12.1. The molecule has 2 rings (SSSR count). The lowest BCUT2D eigenvalue weighted by Crippen LogP contribution is -2.35. The summed E-state index contributed by atoms with van der Waals surface area (Å²) in [6.07, 6.45) is 0. The number of hydrogen-bond donors (Lipinski definition) is 2. The Hall–Kier alpha value is -2.60. The number of aryl methyl sites for hydroxylation is 2. The topological polar surface area (TPSA) is 83.5 Å². The van der Waals surface area contributed by atoms with Crippen molar-refractivity contribution >= 4 is 29.4 Å². The number of rotatable bonds is 8. The van der Waals surface area contributed by atoms with E-state index in [1.165, 1.54) is 0 Å². The van der Waals surface area contributed by atoms with Gasteiger partial charge in [0.05, 0.1) is 11.5 Å². The number of carboxylic acids is 1. The summed E-state index contributed by atoms with van der Waals surface area (Å²) in [6.45, 7) is 3.83. The van der Waals surface area contributed by atoms with Gasteiger partial charge < -0.3 is 10.4 Å². The van der Waals surface area contributed by atoms with E-state index in [1.807, 2.05) is 26.0 Å². The number of carbonyl (C=O) groups is 3. The molecule has 2 N–H and O–H groups in total. The third-order valence-corrected chi connectivity index (χ3v) is 4.91. The number of ketones is 1. The lowest BCUT2D eigenvalue weighted by molar-refractivity contribution is -0.141. The minimum Gasteiger partial charge on any atom is -0.479 e. The number of benzene rings is 2. The predicted octanol–water partition coefficient (Wildman–Crippen LogP) is 3.16. The fourth-order valence-electron chi connectivity index (χ4n) is 2.38. The Morgan fingerprint density at radius 3 is 2.31 bits per heavy atom. The van der Waals surface area contributed by atoms with Crippen molar-refractivity contribution in [3.8, 4) is 0 Å². The van der Waals surface area contributed by atoms with E-state index in [-0.39, 0.29) is 17.3 Å². The highest BCUT2D eigenvalue weighted by molar-refractivity contribution is 8.00.